The van der Waals surface area contributed by atoms with Crippen molar-refractivity contribution in [3.63, 3.8) is 0 Å². The summed E-state index contributed by atoms with van der Waals surface area (Å²) in [5.41, 5.74) is 0.667. The molecule has 20 heavy (non-hydrogen) atoms. The molecule has 2 rings (SSSR count). The van der Waals surface area contributed by atoms with Gasteiger partial charge in [0.25, 0.3) is 0 Å². The average Bonchev–Trinajstić information content (AvgIpc) is 2.24. The van der Waals surface area contributed by atoms with Gasteiger partial charge in [0.15, 0.2) is 0 Å². The Balaban J connectivity index is 2.26. The second kappa shape index (κ2) is 6.43. The first kappa shape index (κ1) is 15.1. The summed E-state index contributed by atoms with van der Waals surface area (Å²) in [7, 11) is 0. The van der Waals surface area contributed by atoms with Crippen LogP contribution in [0.15, 0.2) is 18.2 Å². The summed E-state index contributed by atoms with van der Waals surface area (Å²) in [6.07, 6.45) is 0. The van der Waals surface area contributed by atoms with Crippen molar-refractivity contribution < 1.29 is 0 Å². The van der Waals surface area contributed by atoms with Crippen molar-refractivity contribution in [2.45, 2.75) is 19.9 Å². The maximum atomic E-state index is 5.93. The lowest BCUT2D eigenvalue weighted by molar-refractivity contribution is 0.868. The van der Waals surface area contributed by atoms with Crippen molar-refractivity contribution in [1.82, 2.24) is 15.0 Å². The van der Waals surface area contributed by atoms with Gasteiger partial charge in [0.2, 0.25) is 17.2 Å². The van der Waals surface area contributed by atoms with E-state index in [0.29, 0.717) is 27.6 Å². The van der Waals surface area contributed by atoms with E-state index >= 15 is 0 Å². The maximum Gasteiger partial charge on any atom is 0.233 e. The Morgan fingerprint density at radius 2 is 1.50 bits per heavy atom. The first-order valence-corrected chi connectivity index (χ1v) is 6.97. The predicted octanol–water partition coefficient (Wildman–Crippen LogP) is 4.40. The number of halogens is 3. The maximum absolute atomic E-state index is 5.93. The van der Waals surface area contributed by atoms with E-state index in [1.165, 1.54) is 0 Å². The fourth-order valence-electron chi connectivity index (χ4n) is 1.48. The van der Waals surface area contributed by atoms with Gasteiger partial charge in [0.1, 0.15) is 0 Å². The molecule has 1 aromatic heterocycles. The van der Waals surface area contributed by atoms with Gasteiger partial charge in [0, 0.05) is 21.8 Å². The van der Waals surface area contributed by atoms with E-state index in [2.05, 4.69) is 25.6 Å². The van der Waals surface area contributed by atoms with Gasteiger partial charge >= 0.3 is 0 Å². The summed E-state index contributed by atoms with van der Waals surface area (Å²) in [6, 6.07) is 5.24. The predicted molar refractivity (Wildman–Crippen MR) is 83.3 cm³/mol. The SMILES string of the molecule is CC(C)Nc1nc(Cl)nc(Nc2cc(Cl)cc(Cl)c2)n1. The molecule has 0 amide bonds. The van der Waals surface area contributed by atoms with Gasteiger partial charge in [-0.2, -0.15) is 15.0 Å². The number of anilines is 3. The van der Waals surface area contributed by atoms with Crippen LogP contribution in [0.25, 0.3) is 0 Å². The molecule has 0 bridgehead atoms. The van der Waals surface area contributed by atoms with Crippen LogP contribution in [0.1, 0.15) is 13.8 Å². The zero-order chi connectivity index (χ0) is 14.7. The summed E-state index contributed by atoms with van der Waals surface area (Å²) in [5, 5.41) is 7.17. The second-order valence-electron chi connectivity index (χ2n) is 4.33. The Kier molecular flexibility index (Phi) is 4.86. The van der Waals surface area contributed by atoms with Gasteiger partial charge in [-0.1, -0.05) is 23.2 Å². The topological polar surface area (TPSA) is 62.7 Å². The summed E-state index contributed by atoms with van der Waals surface area (Å²) in [5.74, 6) is 0.710. The molecule has 0 atom stereocenters. The fourth-order valence-corrected chi connectivity index (χ4v) is 2.17. The number of hydrogen-bond acceptors (Lipinski definition) is 5. The molecule has 0 saturated heterocycles. The fraction of sp³-hybridized carbons (Fsp3) is 0.250. The van der Waals surface area contributed by atoms with Gasteiger partial charge in [-0.05, 0) is 43.6 Å². The molecule has 0 aliphatic rings. The van der Waals surface area contributed by atoms with Crippen molar-refractivity contribution in [1.29, 1.82) is 0 Å². The lowest BCUT2D eigenvalue weighted by Crippen LogP contribution is -2.14. The number of hydrogen-bond donors (Lipinski definition) is 2. The summed E-state index contributed by atoms with van der Waals surface area (Å²) < 4.78 is 0. The quantitative estimate of drug-likeness (QED) is 0.869. The molecule has 0 spiro atoms. The van der Waals surface area contributed by atoms with Crippen LogP contribution >= 0.6 is 34.8 Å². The lowest BCUT2D eigenvalue weighted by Gasteiger charge is -2.10. The molecule has 5 nitrogen and oxygen atoms in total. The molecule has 0 fully saturated rings. The highest BCUT2D eigenvalue weighted by Gasteiger charge is 2.07. The highest BCUT2D eigenvalue weighted by molar-refractivity contribution is 6.35. The Hall–Kier alpha value is -1.30. The Labute approximate surface area is 131 Å². The smallest absolute Gasteiger partial charge is 0.233 e. The number of nitrogens with one attached hydrogen (secondary N) is 2. The Bertz CT molecular complexity index is 598. The number of rotatable bonds is 4. The molecular formula is C12H12Cl3N5. The molecule has 8 heteroatoms. The normalized spacial score (nSPS) is 10.7. The first-order valence-electron chi connectivity index (χ1n) is 5.83. The number of nitrogens with zero attached hydrogens (tertiary/aromatic N) is 3. The average molecular weight is 333 g/mol. The van der Waals surface area contributed by atoms with Crippen LogP contribution in [0.2, 0.25) is 15.3 Å². The third-order valence-corrected chi connectivity index (χ3v) is 2.75. The second-order valence-corrected chi connectivity index (χ2v) is 5.54. The van der Waals surface area contributed by atoms with E-state index in [1.54, 1.807) is 18.2 Å². The molecular weight excluding hydrogens is 321 g/mol. The van der Waals surface area contributed by atoms with E-state index in [1.807, 2.05) is 13.8 Å². The van der Waals surface area contributed by atoms with Crippen LogP contribution in [-0.2, 0) is 0 Å². The monoisotopic (exact) mass is 331 g/mol. The highest BCUT2D eigenvalue weighted by atomic mass is 35.5. The van der Waals surface area contributed by atoms with Crippen LogP contribution in [0.3, 0.4) is 0 Å². The minimum Gasteiger partial charge on any atom is -0.352 e. The van der Waals surface area contributed by atoms with Gasteiger partial charge in [-0.3, -0.25) is 0 Å². The molecule has 0 unspecified atom stereocenters. The van der Waals surface area contributed by atoms with Crippen LogP contribution < -0.4 is 10.6 Å². The van der Waals surface area contributed by atoms with Crippen LogP contribution in [0, 0.1) is 0 Å². The van der Waals surface area contributed by atoms with E-state index in [4.69, 9.17) is 34.8 Å². The van der Waals surface area contributed by atoms with Gasteiger partial charge in [-0.25, -0.2) is 0 Å². The van der Waals surface area contributed by atoms with Crippen LogP contribution in [-0.4, -0.2) is 21.0 Å². The molecule has 2 aromatic rings. The van der Waals surface area contributed by atoms with Gasteiger partial charge < -0.3 is 10.6 Å². The standard InChI is InChI=1S/C12H12Cl3N5/c1-6(2)16-11-18-10(15)19-12(20-11)17-9-4-7(13)3-8(14)5-9/h3-6H,1-2H3,(H2,16,17,18,19,20). The van der Waals surface area contributed by atoms with Gasteiger partial charge in [0.05, 0.1) is 0 Å². The minimum absolute atomic E-state index is 0.0961. The van der Waals surface area contributed by atoms with Crippen LogP contribution in [0.5, 0.6) is 0 Å². The van der Waals surface area contributed by atoms with Crippen LogP contribution in [0.4, 0.5) is 17.6 Å². The van der Waals surface area contributed by atoms with Crippen molar-refractivity contribution in [3.05, 3.63) is 33.5 Å². The van der Waals surface area contributed by atoms with Crippen molar-refractivity contribution in [3.8, 4) is 0 Å². The van der Waals surface area contributed by atoms with E-state index in [-0.39, 0.29) is 11.3 Å². The highest BCUT2D eigenvalue weighted by Crippen LogP contribution is 2.24. The van der Waals surface area contributed by atoms with E-state index in [0.717, 1.165) is 0 Å². The number of aromatic nitrogens is 3. The third-order valence-electron chi connectivity index (χ3n) is 2.14. The number of benzene rings is 1. The lowest BCUT2D eigenvalue weighted by atomic mass is 10.3. The first-order chi connectivity index (χ1) is 9.42. The largest absolute Gasteiger partial charge is 0.352 e. The minimum atomic E-state index is 0.0961. The molecule has 106 valence electrons. The van der Waals surface area contributed by atoms with Crippen molar-refractivity contribution in [2.75, 3.05) is 10.6 Å². The van der Waals surface area contributed by atoms with Crippen molar-refractivity contribution >= 4 is 52.4 Å². The summed E-state index contributed by atoms with van der Waals surface area (Å²) in [6.45, 7) is 3.95. The Morgan fingerprint density at radius 3 is 2.10 bits per heavy atom. The van der Waals surface area contributed by atoms with E-state index < -0.39 is 0 Å². The molecule has 0 saturated carbocycles. The molecule has 0 aliphatic carbocycles. The van der Waals surface area contributed by atoms with Gasteiger partial charge in [-0.15, -0.1) is 0 Å². The summed E-state index contributed by atoms with van der Waals surface area (Å²) >= 11 is 17.7. The third kappa shape index (κ3) is 4.37. The Morgan fingerprint density at radius 1 is 0.900 bits per heavy atom. The molecule has 0 aliphatic heterocycles. The zero-order valence-corrected chi connectivity index (χ0v) is 13.1. The molecule has 1 aromatic carbocycles. The molecule has 0 radical (unpaired) electrons. The van der Waals surface area contributed by atoms with E-state index in [9.17, 15) is 0 Å². The molecule has 2 N–H and O–H groups in total. The molecule has 1 heterocycles. The zero-order valence-electron chi connectivity index (χ0n) is 10.8. The summed E-state index contributed by atoms with van der Waals surface area (Å²) in [4.78, 5) is 12.2. The van der Waals surface area contributed by atoms with Crippen molar-refractivity contribution in [2.24, 2.45) is 0 Å².